The molecule has 1 saturated carbocycles. The third kappa shape index (κ3) is 4.13. The van der Waals surface area contributed by atoms with Crippen LogP contribution in [0.4, 0.5) is 13.2 Å². The Kier molecular flexibility index (Phi) is 4.34. The summed E-state index contributed by atoms with van der Waals surface area (Å²) in [4.78, 5) is 0. The molecule has 1 aromatic rings. The highest BCUT2D eigenvalue weighted by molar-refractivity contribution is 5.35. The third-order valence-electron chi connectivity index (χ3n) is 3.61. The molecule has 1 aliphatic carbocycles. The number of alkyl halides is 3. The van der Waals surface area contributed by atoms with E-state index < -0.39 is 12.4 Å². The fourth-order valence-electron chi connectivity index (χ4n) is 2.74. The highest BCUT2D eigenvalue weighted by atomic mass is 19.4. The zero-order chi connectivity index (χ0) is 13.9. The van der Waals surface area contributed by atoms with Gasteiger partial charge >= 0.3 is 6.36 Å². The molecule has 1 atom stereocenters. The first-order valence-electron chi connectivity index (χ1n) is 6.56. The van der Waals surface area contributed by atoms with Crippen molar-refractivity contribution in [1.29, 1.82) is 0 Å². The van der Waals surface area contributed by atoms with Crippen molar-refractivity contribution in [1.82, 2.24) is 0 Å². The van der Waals surface area contributed by atoms with Gasteiger partial charge in [-0.25, -0.2) is 0 Å². The summed E-state index contributed by atoms with van der Waals surface area (Å²) in [5.74, 6) is 0.342. The van der Waals surface area contributed by atoms with Crippen LogP contribution in [0, 0.1) is 5.92 Å². The van der Waals surface area contributed by atoms with Gasteiger partial charge in [0.2, 0.25) is 0 Å². The topological polar surface area (TPSA) is 35.2 Å². The lowest BCUT2D eigenvalue weighted by molar-refractivity contribution is -0.275. The van der Waals surface area contributed by atoms with Crippen molar-refractivity contribution >= 4 is 0 Å². The first-order valence-corrected chi connectivity index (χ1v) is 6.56. The predicted octanol–water partition coefficient (Wildman–Crippen LogP) is 4.17. The maximum atomic E-state index is 12.3. The number of benzene rings is 1. The van der Waals surface area contributed by atoms with E-state index in [-0.39, 0.29) is 5.75 Å². The Labute approximate surface area is 110 Å². The highest BCUT2D eigenvalue weighted by Crippen LogP contribution is 2.36. The van der Waals surface area contributed by atoms with Gasteiger partial charge in [-0.05, 0) is 18.4 Å². The van der Waals surface area contributed by atoms with Gasteiger partial charge in [-0.15, -0.1) is 13.2 Å². The Morgan fingerprint density at radius 1 is 1.21 bits per heavy atom. The lowest BCUT2D eigenvalue weighted by atomic mass is 9.94. The zero-order valence-electron chi connectivity index (χ0n) is 10.6. The summed E-state index contributed by atoms with van der Waals surface area (Å²) >= 11 is 0. The van der Waals surface area contributed by atoms with Crippen molar-refractivity contribution in [2.24, 2.45) is 11.7 Å². The van der Waals surface area contributed by atoms with Crippen molar-refractivity contribution < 1.29 is 17.9 Å². The Morgan fingerprint density at radius 2 is 1.84 bits per heavy atom. The minimum Gasteiger partial charge on any atom is -0.405 e. The minimum absolute atomic E-state index is 0.180. The second kappa shape index (κ2) is 5.82. The molecule has 106 valence electrons. The molecule has 2 N–H and O–H groups in total. The number of halogens is 3. The molecule has 1 aliphatic rings. The van der Waals surface area contributed by atoms with Crippen LogP contribution >= 0.6 is 0 Å². The summed E-state index contributed by atoms with van der Waals surface area (Å²) in [5.41, 5.74) is 6.48. The van der Waals surface area contributed by atoms with Crippen molar-refractivity contribution in [2.75, 3.05) is 0 Å². The number of nitrogens with two attached hydrogens (primary N) is 1. The second-order valence-electron chi connectivity index (χ2n) is 5.08. The van der Waals surface area contributed by atoms with Crippen LogP contribution in [-0.2, 0) is 0 Å². The van der Waals surface area contributed by atoms with Gasteiger partial charge < -0.3 is 10.5 Å². The van der Waals surface area contributed by atoms with E-state index >= 15 is 0 Å². The molecule has 0 aromatic heterocycles. The number of para-hydroxylation sites is 1. The first kappa shape index (κ1) is 14.2. The number of ether oxygens (including phenoxy) is 1. The molecule has 0 spiro atoms. The molecule has 5 heteroatoms. The molecule has 0 saturated heterocycles. The van der Waals surface area contributed by atoms with Gasteiger partial charge in [-0.3, -0.25) is 0 Å². The van der Waals surface area contributed by atoms with Gasteiger partial charge in [0.15, 0.2) is 0 Å². The van der Waals surface area contributed by atoms with E-state index in [1.54, 1.807) is 12.1 Å². The lowest BCUT2D eigenvalue weighted by Crippen LogP contribution is -2.21. The van der Waals surface area contributed by atoms with Crippen LogP contribution in [-0.4, -0.2) is 6.36 Å². The summed E-state index contributed by atoms with van der Waals surface area (Å²) in [7, 11) is 0. The monoisotopic (exact) mass is 273 g/mol. The quantitative estimate of drug-likeness (QED) is 0.893. The van der Waals surface area contributed by atoms with E-state index in [0.29, 0.717) is 11.5 Å². The van der Waals surface area contributed by atoms with Crippen LogP contribution in [0.2, 0.25) is 0 Å². The average Bonchev–Trinajstić information content (AvgIpc) is 2.80. The van der Waals surface area contributed by atoms with Crippen LogP contribution in [0.1, 0.15) is 43.7 Å². The summed E-state index contributed by atoms with van der Waals surface area (Å²) < 4.78 is 41.0. The average molecular weight is 273 g/mol. The summed E-state index contributed by atoms with van der Waals surface area (Å²) in [6.07, 6.45) is 0.670. The van der Waals surface area contributed by atoms with Gasteiger partial charge in [0, 0.05) is 11.6 Å². The summed E-state index contributed by atoms with van der Waals surface area (Å²) in [5, 5.41) is 0. The molecule has 0 amide bonds. The van der Waals surface area contributed by atoms with Crippen LogP contribution in [0.15, 0.2) is 24.3 Å². The van der Waals surface area contributed by atoms with E-state index in [4.69, 9.17) is 5.73 Å². The van der Waals surface area contributed by atoms with Gasteiger partial charge in [-0.1, -0.05) is 43.9 Å². The number of rotatable bonds is 4. The molecule has 0 radical (unpaired) electrons. The van der Waals surface area contributed by atoms with Crippen LogP contribution in [0.5, 0.6) is 5.75 Å². The van der Waals surface area contributed by atoms with Gasteiger partial charge in [0.25, 0.3) is 0 Å². The molecule has 1 aromatic carbocycles. The Bertz CT molecular complexity index is 413. The largest absolute Gasteiger partial charge is 0.573 e. The zero-order valence-corrected chi connectivity index (χ0v) is 10.6. The van der Waals surface area contributed by atoms with E-state index in [1.807, 2.05) is 0 Å². The SMILES string of the molecule is NC(CC1CCCC1)c1ccccc1OC(F)(F)F. The van der Waals surface area contributed by atoms with Gasteiger partial charge in [0.05, 0.1) is 0 Å². The first-order chi connectivity index (χ1) is 8.96. The predicted molar refractivity (Wildman–Crippen MR) is 66.6 cm³/mol. The van der Waals surface area contributed by atoms with Crippen molar-refractivity contribution in [3.05, 3.63) is 29.8 Å². The van der Waals surface area contributed by atoms with E-state index in [1.165, 1.54) is 25.0 Å². The maximum absolute atomic E-state index is 12.3. The molecule has 2 nitrogen and oxygen atoms in total. The van der Waals surface area contributed by atoms with Crippen molar-refractivity contribution in [3.8, 4) is 5.75 Å². The molecule has 19 heavy (non-hydrogen) atoms. The van der Waals surface area contributed by atoms with Crippen molar-refractivity contribution in [3.63, 3.8) is 0 Å². The molecule has 0 aliphatic heterocycles. The molecule has 1 unspecified atom stereocenters. The normalized spacial score (nSPS) is 18.5. The number of hydrogen-bond donors (Lipinski definition) is 1. The Hall–Kier alpha value is -1.23. The summed E-state index contributed by atoms with van der Waals surface area (Å²) in [6.45, 7) is 0. The smallest absolute Gasteiger partial charge is 0.405 e. The fourth-order valence-corrected chi connectivity index (χ4v) is 2.74. The third-order valence-corrected chi connectivity index (χ3v) is 3.61. The van der Waals surface area contributed by atoms with Gasteiger partial charge in [-0.2, -0.15) is 0 Å². The molecular formula is C14H18F3NO. The van der Waals surface area contributed by atoms with E-state index in [2.05, 4.69) is 4.74 Å². The number of hydrogen-bond acceptors (Lipinski definition) is 2. The molecule has 2 rings (SSSR count). The molecule has 0 heterocycles. The molecule has 0 bridgehead atoms. The van der Waals surface area contributed by atoms with Crippen LogP contribution in [0.3, 0.4) is 0 Å². The summed E-state index contributed by atoms with van der Waals surface area (Å²) in [6, 6.07) is 5.74. The van der Waals surface area contributed by atoms with Crippen LogP contribution < -0.4 is 10.5 Å². The van der Waals surface area contributed by atoms with Crippen LogP contribution in [0.25, 0.3) is 0 Å². The van der Waals surface area contributed by atoms with Crippen molar-refractivity contribution in [2.45, 2.75) is 44.5 Å². The molecular weight excluding hydrogens is 255 g/mol. The fraction of sp³-hybridized carbons (Fsp3) is 0.571. The Balaban J connectivity index is 2.09. The minimum atomic E-state index is -4.68. The highest BCUT2D eigenvalue weighted by Gasteiger charge is 2.32. The van der Waals surface area contributed by atoms with E-state index in [0.717, 1.165) is 19.3 Å². The molecule has 1 fully saturated rings. The van der Waals surface area contributed by atoms with Gasteiger partial charge in [0.1, 0.15) is 5.75 Å². The standard InChI is InChI=1S/C14H18F3NO/c15-14(16,17)19-13-8-4-3-7-11(13)12(18)9-10-5-1-2-6-10/h3-4,7-8,10,12H,1-2,5-6,9,18H2. The van der Waals surface area contributed by atoms with E-state index in [9.17, 15) is 13.2 Å². The second-order valence-corrected chi connectivity index (χ2v) is 5.08. The maximum Gasteiger partial charge on any atom is 0.573 e. The lowest BCUT2D eigenvalue weighted by Gasteiger charge is -2.20. The Morgan fingerprint density at radius 3 is 2.47 bits per heavy atom.